The molecule has 0 saturated heterocycles. The van der Waals surface area contributed by atoms with Gasteiger partial charge in [-0.3, -0.25) is 4.79 Å². The molecular formula is C10H10BrNO2. The molecule has 1 aliphatic heterocycles. The number of aryl methyl sites for hydroxylation is 1. The topological polar surface area (TPSA) is 29.5 Å². The fourth-order valence-electron chi connectivity index (χ4n) is 1.39. The van der Waals surface area contributed by atoms with Crippen LogP contribution in [-0.4, -0.2) is 19.6 Å². The maximum atomic E-state index is 11.3. The number of likely N-dealkylation sites (N-methyl/N-ethyl adjacent to an activating group) is 1. The number of hydrogen-bond acceptors (Lipinski definition) is 2. The van der Waals surface area contributed by atoms with E-state index in [1.807, 2.05) is 19.1 Å². The number of rotatable bonds is 0. The van der Waals surface area contributed by atoms with Crippen LogP contribution < -0.4 is 9.64 Å². The van der Waals surface area contributed by atoms with E-state index in [2.05, 4.69) is 15.9 Å². The van der Waals surface area contributed by atoms with Gasteiger partial charge >= 0.3 is 0 Å². The smallest absolute Gasteiger partial charge is 0.264 e. The van der Waals surface area contributed by atoms with Crippen LogP contribution in [0, 0.1) is 6.92 Å². The SMILES string of the molecule is Cc1cc2c(cc1Br)N(C)C(=O)CO2. The summed E-state index contributed by atoms with van der Waals surface area (Å²) in [5.41, 5.74) is 1.92. The molecule has 14 heavy (non-hydrogen) atoms. The fourth-order valence-corrected chi connectivity index (χ4v) is 1.72. The number of halogens is 1. The van der Waals surface area contributed by atoms with Gasteiger partial charge in [0.15, 0.2) is 6.61 Å². The highest BCUT2D eigenvalue weighted by Crippen LogP contribution is 2.35. The van der Waals surface area contributed by atoms with Gasteiger partial charge in [0.2, 0.25) is 0 Å². The lowest BCUT2D eigenvalue weighted by atomic mass is 10.2. The summed E-state index contributed by atoms with van der Waals surface area (Å²) in [5, 5.41) is 0. The summed E-state index contributed by atoms with van der Waals surface area (Å²) in [4.78, 5) is 13.0. The number of amides is 1. The lowest BCUT2D eigenvalue weighted by Gasteiger charge is -2.26. The van der Waals surface area contributed by atoms with Crippen LogP contribution in [0.25, 0.3) is 0 Å². The van der Waals surface area contributed by atoms with Crippen LogP contribution >= 0.6 is 15.9 Å². The minimum Gasteiger partial charge on any atom is -0.482 e. The Morgan fingerprint density at radius 1 is 1.50 bits per heavy atom. The monoisotopic (exact) mass is 255 g/mol. The summed E-state index contributed by atoms with van der Waals surface area (Å²) in [6.07, 6.45) is 0. The third kappa shape index (κ3) is 1.39. The van der Waals surface area contributed by atoms with E-state index in [1.165, 1.54) is 0 Å². The molecule has 1 aromatic rings. The Labute approximate surface area is 90.8 Å². The predicted octanol–water partition coefficient (Wildman–Crippen LogP) is 2.11. The lowest BCUT2D eigenvalue weighted by Crippen LogP contribution is -2.35. The third-order valence-corrected chi connectivity index (χ3v) is 3.18. The van der Waals surface area contributed by atoms with Crippen molar-refractivity contribution in [2.24, 2.45) is 0 Å². The van der Waals surface area contributed by atoms with Crippen LogP contribution in [0.2, 0.25) is 0 Å². The van der Waals surface area contributed by atoms with E-state index in [-0.39, 0.29) is 12.5 Å². The van der Waals surface area contributed by atoms with Crippen molar-refractivity contribution in [3.05, 3.63) is 22.2 Å². The summed E-state index contributed by atoms with van der Waals surface area (Å²) >= 11 is 3.43. The van der Waals surface area contributed by atoms with Gasteiger partial charge in [0.25, 0.3) is 5.91 Å². The molecule has 4 heteroatoms. The number of carbonyl (C=O) groups excluding carboxylic acids is 1. The number of benzene rings is 1. The Kier molecular flexibility index (Phi) is 2.23. The molecule has 1 aromatic carbocycles. The van der Waals surface area contributed by atoms with Gasteiger partial charge in [-0.25, -0.2) is 0 Å². The minimum absolute atomic E-state index is 0.0201. The second-order valence-electron chi connectivity index (χ2n) is 3.31. The molecular weight excluding hydrogens is 246 g/mol. The van der Waals surface area contributed by atoms with Crippen LogP contribution in [0.4, 0.5) is 5.69 Å². The fraction of sp³-hybridized carbons (Fsp3) is 0.300. The Hall–Kier alpha value is -1.03. The van der Waals surface area contributed by atoms with Crippen molar-refractivity contribution >= 4 is 27.5 Å². The van der Waals surface area contributed by atoms with Gasteiger partial charge in [0.05, 0.1) is 5.69 Å². The van der Waals surface area contributed by atoms with Crippen LogP contribution in [0.3, 0.4) is 0 Å². The van der Waals surface area contributed by atoms with Crippen molar-refractivity contribution in [1.82, 2.24) is 0 Å². The van der Waals surface area contributed by atoms with Gasteiger partial charge in [0.1, 0.15) is 5.75 Å². The Morgan fingerprint density at radius 2 is 2.21 bits per heavy atom. The van der Waals surface area contributed by atoms with Crippen molar-refractivity contribution in [2.45, 2.75) is 6.92 Å². The molecule has 0 N–H and O–H groups in total. The molecule has 2 rings (SSSR count). The summed E-state index contributed by atoms with van der Waals surface area (Å²) in [5.74, 6) is 0.751. The van der Waals surface area contributed by atoms with E-state index in [0.717, 1.165) is 21.5 Å². The number of ether oxygens (including phenoxy) is 1. The number of nitrogens with zero attached hydrogens (tertiary/aromatic N) is 1. The number of carbonyl (C=O) groups is 1. The van der Waals surface area contributed by atoms with Crippen molar-refractivity contribution in [1.29, 1.82) is 0 Å². The number of anilines is 1. The van der Waals surface area contributed by atoms with E-state index in [0.29, 0.717) is 0 Å². The summed E-state index contributed by atoms with van der Waals surface area (Å²) < 4.78 is 6.32. The standard InChI is InChI=1S/C10H10BrNO2/c1-6-3-9-8(4-7(6)11)12(2)10(13)5-14-9/h3-4H,5H2,1-2H3. The van der Waals surface area contributed by atoms with Gasteiger partial charge in [-0.1, -0.05) is 15.9 Å². The van der Waals surface area contributed by atoms with E-state index >= 15 is 0 Å². The van der Waals surface area contributed by atoms with Crippen molar-refractivity contribution in [3.8, 4) is 5.75 Å². The normalized spacial score (nSPS) is 15.1. The minimum atomic E-state index is -0.0201. The first-order valence-electron chi connectivity index (χ1n) is 4.29. The molecule has 0 fully saturated rings. The van der Waals surface area contributed by atoms with Crippen LogP contribution in [0.5, 0.6) is 5.75 Å². The van der Waals surface area contributed by atoms with E-state index in [1.54, 1.807) is 11.9 Å². The van der Waals surface area contributed by atoms with Crippen molar-refractivity contribution < 1.29 is 9.53 Å². The van der Waals surface area contributed by atoms with Crippen LogP contribution in [0.1, 0.15) is 5.56 Å². The zero-order valence-corrected chi connectivity index (χ0v) is 9.59. The molecule has 3 nitrogen and oxygen atoms in total. The first kappa shape index (κ1) is 9.52. The molecule has 0 atom stereocenters. The zero-order chi connectivity index (χ0) is 10.3. The zero-order valence-electron chi connectivity index (χ0n) is 8.00. The molecule has 0 aliphatic carbocycles. The maximum Gasteiger partial charge on any atom is 0.264 e. The molecule has 0 bridgehead atoms. The molecule has 1 heterocycles. The largest absolute Gasteiger partial charge is 0.482 e. The average molecular weight is 256 g/mol. The van der Waals surface area contributed by atoms with Gasteiger partial charge in [0, 0.05) is 11.5 Å². The lowest BCUT2D eigenvalue weighted by molar-refractivity contribution is -0.120. The highest BCUT2D eigenvalue weighted by molar-refractivity contribution is 9.10. The highest BCUT2D eigenvalue weighted by Gasteiger charge is 2.22. The molecule has 0 radical (unpaired) electrons. The highest BCUT2D eigenvalue weighted by atomic mass is 79.9. The van der Waals surface area contributed by atoms with Crippen LogP contribution in [-0.2, 0) is 4.79 Å². The molecule has 1 aliphatic rings. The van der Waals surface area contributed by atoms with Gasteiger partial charge in [-0.05, 0) is 24.6 Å². The Balaban J connectivity index is 2.55. The van der Waals surface area contributed by atoms with E-state index in [4.69, 9.17) is 4.74 Å². The van der Waals surface area contributed by atoms with Gasteiger partial charge in [-0.2, -0.15) is 0 Å². The molecule has 0 aromatic heterocycles. The summed E-state index contributed by atoms with van der Waals surface area (Å²) in [7, 11) is 1.76. The van der Waals surface area contributed by atoms with Crippen LogP contribution in [0.15, 0.2) is 16.6 Å². The van der Waals surface area contributed by atoms with Crippen molar-refractivity contribution in [3.63, 3.8) is 0 Å². The van der Waals surface area contributed by atoms with Crippen molar-refractivity contribution in [2.75, 3.05) is 18.6 Å². The predicted molar refractivity (Wildman–Crippen MR) is 57.8 cm³/mol. The average Bonchev–Trinajstić information content (AvgIpc) is 2.15. The van der Waals surface area contributed by atoms with Gasteiger partial charge < -0.3 is 9.64 Å². The number of hydrogen-bond donors (Lipinski definition) is 0. The Morgan fingerprint density at radius 3 is 2.93 bits per heavy atom. The summed E-state index contributed by atoms with van der Waals surface area (Å²) in [6.45, 7) is 2.12. The molecule has 1 amide bonds. The molecule has 0 spiro atoms. The molecule has 0 unspecified atom stereocenters. The first-order chi connectivity index (χ1) is 6.59. The molecule has 0 saturated carbocycles. The first-order valence-corrected chi connectivity index (χ1v) is 5.08. The maximum absolute atomic E-state index is 11.3. The van der Waals surface area contributed by atoms with E-state index in [9.17, 15) is 4.79 Å². The quantitative estimate of drug-likeness (QED) is 0.711. The molecule has 74 valence electrons. The third-order valence-electron chi connectivity index (χ3n) is 2.33. The van der Waals surface area contributed by atoms with E-state index < -0.39 is 0 Å². The second-order valence-corrected chi connectivity index (χ2v) is 4.16. The number of fused-ring (bicyclic) bond motifs is 1. The van der Waals surface area contributed by atoms with Gasteiger partial charge in [-0.15, -0.1) is 0 Å². The summed E-state index contributed by atoms with van der Waals surface area (Å²) in [6, 6.07) is 3.84. The second kappa shape index (κ2) is 3.28. The Bertz CT molecular complexity index is 403.